The van der Waals surface area contributed by atoms with Gasteiger partial charge in [-0.25, -0.2) is 26.9 Å². The van der Waals surface area contributed by atoms with Gasteiger partial charge >= 0.3 is 12.3 Å². The Kier molecular flexibility index (Phi) is 13.1. The number of methoxy groups -OCH3 is 2. The van der Waals surface area contributed by atoms with E-state index in [2.05, 4.69) is 10.3 Å². The predicted molar refractivity (Wildman–Crippen MR) is 194 cm³/mol. The highest BCUT2D eigenvalue weighted by Gasteiger charge is 2.34. The van der Waals surface area contributed by atoms with Crippen LogP contribution in [0.2, 0.25) is 0 Å². The van der Waals surface area contributed by atoms with Gasteiger partial charge in [0.25, 0.3) is 10.0 Å². The molecule has 0 aliphatic rings. The first kappa shape index (κ1) is 41.0. The maximum absolute atomic E-state index is 14.9. The lowest BCUT2D eigenvalue weighted by Crippen LogP contribution is -2.37. The Morgan fingerprint density at radius 1 is 0.925 bits per heavy atom. The third-order valence-electron chi connectivity index (χ3n) is 7.68. The molecule has 0 bridgehead atoms. The molecule has 1 amide bonds. The number of likely N-dealkylation sites (N-methyl/N-ethyl adjacent to an activating group) is 1. The first-order chi connectivity index (χ1) is 24.8. The fourth-order valence-corrected chi connectivity index (χ4v) is 6.94. The van der Waals surface area contributed by atoms with E-state index >= 15 is 0 Å². The lowest BCUT2D eigenvalue weighted by Gasteiger charge is -2.28. The Morgan fingerprint density at radius 3 is 2.28 bits per heavy atom. The maximum Gasteiger partial charge on any atom is 0.416 e. The van der Waals surface area contributed by atoms with Crippen LogP contribution in [0.3, 0.4) is 0 Å². The summed E-state index contributed by atoms with van der Waals surface area (Å²) in [5.41, 5.74) is -1.71. The van der Waals surface area contributed by atoms with Crippen LogP contribution in [0.1, 0.15) is 37.5 Å². The van der Waals surface area contributed by atoms with Crippen molar-refractivity contribution in [3.05, 3.63) is 102 Å². The number of carbonyl (C=O) groups excluding carboxylic acids is 1. The van der Waals surface area contributed by atoms with Crippen molar-refractivity contribution in [2.75, 3.05) is 43.1 Å². The summed E-state index contributed by atoms with van der Waals surface area (Å²) in [5.74, 6) is -0.0635. The largest absolute Gasteiger partial charge is 0.497 e. The lowest BCUT2D eigenvalue weighted by atomic mass is 10.1. The van der Waals surface area contributed by atoms with Crippen molar-refractivity contribution < 1.29 is 45.0 Å². The zero-order valence-corrected chi connectivity index (χ0v) is 31.4. The summed E-state index contributed by atoms with van der Waals surface area (Å²) in [5, 5.41) is 2.99. The minimum atomic E-state index is -4.72. The smallest absolute Gasteiger partial charge is 0.416 e. The fourth-order valence-electron chi connectivity index (χ4n) is 5.03. The molecule has 0 spiro atoms. The van der Waals surface area contributed by atoms with Gasteiger partial charge in [0.2, 0.25) is 0 Å². The van der Waals surface area contributed by atoms with Gasteiger partial charge in [-0.1, -0.05) is 6.07 Å². The molecule has 17 heteroatoms. The summed E-state index contributed by atoms with van der Waals surface area (Å²) in [7, 11) is -0.250. The Bertz CT molecular complexity index is 2000. The molecule has 0 unspecified atom stereocenters. The van der Waals surface area contributed by atoms with Crippen molar-refractivity contribution in [2.24, 2.45) is 0 Å². The van der Waals surface area contributed by atoms with Crippen molar-refractivity contribution >= 4 is 45.1 Å². The monoisotopic (exact) mass is 781 g/mol. The van der Waals surface area contributed by atoms with Crippen molar-refractivity contribution in [1.82, 2.24) is 15.2 Å². The number of amides is 1. The molecule has 0 saturated carbocycles. The number of hydrogen-bond acceptors (Lipinski definition) is 9. The molecule has 1 heterocycles. The van der Waals surface area contributed by atoms with Gasteiger partial charge in [0, 0.05) is 62.4 Å². The number of ether oxygens (including phenoxy) is 3. The number of anilines is 3. The minimum absolute atomic E-state index is 0.00640. The van der Waals surface area contributed by atoms with Crippen LogP contribution < -0.4 is 23.5 Å². The van der Waals surface area contributed by atoms with Gasteiger partial charge in [0.1, 0.15) is 33.6 Å². The molecule has 1 N–H and O–H groups in total. The number of carbonyl (C=O) groups is 1. The van der Waals surface area contributed by atoms with Crippen LogP contribution >= 0.6 is 11.8 Å². The molecule has 0 aliphatic heterocycles. The van der Waals surface area contributed by atoms with E-state index in [-0.39, 0.29) is 48.9 Å². The van der Waals surface area contributed by atoms with Gasteiger partial charge < -0.3 is 24.4 Å². The van der Waals surface area contributed by atoms with Crippen LogP contribution in [0, 0.1) is 5.82 Å². The molecular formula is C36H40ClF4N5O6S. The van der Waals surface area contributed by atoms with Gasteiger partial charge in [-0.05, 0) is 80.9 Å². The number of hydrogen-bond donors (Lipinski definition) is 1. The Hall–Kier alpha value is -4.80. The van der Waals surface area contributed by atoms with Crippen molar-refractivity contribution in [3.63, 3.8) is 0 Å². The van der Waals surface area contributed by atoms with E-state index in [1.165, 1.54) is 38.4 Å². The van der Waals surface area contributed by atoms with E-state index in [0.717, 1.165) is 45.1 Å². The summed E-state index contributed by atoms with van der Waals surface area (Å²) in [6.45, 7) is 4.94. The summed E-state index contributed by atoms with van der Waals surface area (Å²) in [6, 6.07) is 15.0. The fraction of sp³-hybridized carbons (Fsp3) is 0.333. The number of rotatable bonds is 14. The Morgan fingerprint density at radius 2 is 1.66 bits per heavy atom. The zero-order chi connectivity index (χ0) is 39.1. The highest BCUT2D eigenvalue weighted by atomic mass is 35.5. The van der Waals surface area contributed by atoms with Crippen LogP contribution in [0.25, 0.3) is 0 Å². The number of alkyl halides is 3. The number of aromatic nitrogens is 1. The van der Waals surface area contributed by atoms with Gasteiger partial charge in [0.15, 0.2) is 0 Å². The van der Waals surface area contributed by atoms with Crippen LogP contribution in [0.15, 0.2) is 83.9 Å². The highest BCUT2D eigenvalue weighted by molar-refractivity contribution is 7.93. The van der Waals surface area contributed by atoms with Crippen LogP contribution in [-0.4, -0.2) is 64.4 Å². The van der Waals surface area contributed by atoms with Gasteiger partial charge in [-0.2, -0.15) is 13.2 Å². The molecule has 0 saturated heterocycles. The molecule has 53 heavy (non-hydrogen) atoms. The first-order valence-electron chi connectivity index (χ1n) is 16.1. The van der Waals surface area contributed by atoms with Gasteiger partial charge in [-0.15, -0.1) is 0 Å². The molecular weight excluding hydrogens is 742 g/mol. The van der Waals surface area contributed by atoms with Gasteiger partial charge in [0.05, 0.1) is 37.7 Å². The molecule has 0 atom stereocenters. The predicted octanol–water partition coefficient (Wildman–Crippen LogP) is 7.90. The third-order valence-corrected chi connectivity index (χ3v) is 9.84. The molecule has 0 fully saturated rings. The van der Waals surface area contributed by atoms with Crippen LogP contribution in [-0.2, 0) is 34.0 Å². The maximum atomic E-state index is 14.9. The summed E-state index contributed by atoms with van der Waals surface area (Å²) >= 11 is 6.80. The number of nitrogens with one attached hydrogen (secondary N) is 1. The average Bonchev–Trinajstić information content (AvgIpc) is 3.10. The van der Waals surface area contributed by atoms with E-state index in [1.54, 1.807) is 51.1 Å². The van der Waals surface area contributed by atoms with E-state index in [1.807, 2.05) is 0 Å². The number of benzene rings is 3. The summed E-state index contributed by atoms with van der Waals surface area (Å²) in [6.07, 6.45) is -3.91. The highest BCUT2D eigenvalue weighted by Crippen LogP contribution is 2.41. The zero-order valence-electron chi connectivity index (χ0n) is 29.9. The standard InChI is InChI=1S/C36H40ClF4N5O6S/c1-35(2,3)52-34(47)44(4)18-17-42-22-25-19-26(36(39,40)41)11-14-29(25)46(37)30-20-27(38)12-15-32(30)53(48,49)45(33-9-7-8-16-43-33)23-24-10-13-28(50-5)21-31(24)51-6/h7-16,19-21,42H,17-18,22-23H2,1-6H3. The van der Waals surface area contributed by atoms with E-state index < -0.39 is 44.2 Å². The molecule has 4 rings (SSSR count). The van der Waals surface area contributed by atoms with E-state index in [9.17, 15) is 30.8 Å². The molecule has 286 valence electrons. The van der Waals surface area contributed by atoms with Crippen molar-refractivity contribution in [3.8, 4) is 11.5 Å². The second-order valence-electron chi connectivity index (χ2n) is 12.7. The topological polar surface area (TPSA) is 114 Å². The van der Waals surface area contributed by atoms with Gasteiger partial charge in [-0.3, -0.25) is 4.42 Å². The number of nitrogens with zero attached hydrogens (tertiary/aromatic N) is 4. The molecule has 1 aromatic heterocycles. The number of sulfonamides is 1. The normalized spacial score (nSPS) is 11.9. The Labute approximate surface area is 311 Å². The molecule has 0 aliphatic carbocycles. The Balaban J connectivity index is 1.74. The minimum Gasteiger partial charge on any atom is -0.497 e. The third kappa shape index (κ3) is 10.4. The number of halogens is 5. The summed E-state index contributed by atoms with van der Waals surface area (Å²) in [4.78, 5) is 17.4. The van der Waals surface area contributed by atoms with Crippen molar-refractivity contribution in [2.45, 2.75) is 50.5 Å². The van der Waals surface area contributed by atoms with Crippen molar-refractivity contribution in [1.29, 1.82) is 0 Å². The SMILES string of the molecule is COc1ccc(CN(c2ccccn2)S(=O)(=O)c2ccc(F)cc2N(Cl)c2ccc(C(F)(F)F)cc2CNCCN(C)C(=O)OC(C)(C)C)c(OC)c1. The molecule has 11 nitrogen and oxygen atoms in total. The van der Waals surface area contributed by atoms with Crippen LogP contribution in [0.5, 0.6) is 11.5 Å². The van der Waals surface area contributed by atoms with E-state index in [0.29, 0.717) is 17.1 Å². The second kappa shape index (κ2) is 16.9. The molecule has 4 aromatic rings. The molecule has 0 radical (unpaired) electrons. The lowest BCUT2D eigenvalue weighted by molar-refractivity contribution is -0.137. The van der Waals surface area contributed by atoms with Crippen LogP contribution in [0.4, 0.5) is 39.5 Å². The molecule has 3 aromatic carbocycles. The summed E-state index contributed by atoms with van der Waals surface area (Å²) < 4.78 is 104. The second-order valence-corrected chi connectivity index (χ2v) is 14.9. The number of pyridine rings is 1. The first-order valence-corrected chi connectivity index (χ1v) is 17.9. The quantitative estimate of drug-likeness (QED) is 0.0775. The average molecular weight is 782 g/mol. The van der Waals surface area contributed by atoms with E-state index in [4.69, 9.17) is 26.0 Å².